The minimum absolute atomic E-state index is 0.0468. The van der Waals surface area contributed by atoms with Gasteiger partial charge in [-0.1, -0.05) is 24.3 Å². The zero-order chi connectivity index (χ0) is 16.8. The molecule has 24 heavy (non-hydrogen) atoms. The molecule has 2 amide bonds. The zero-order valence-electron chi connectivity index (χ0n) is 13.0. The van der Waals surface area contributed by atoms with Crippen LogP contribution in [0.25, 0.3) is 11.1 Å². The van der Waals surface area contributed by atoms with Gasteiger partial charge in [0.1, 0.15) is 5.52 Å². The summed E-state index contributed by atoms with van der Waals surface area (Å²) in [5, 5.41) is 5.37. The van der Waals surface area contributed by atoms with Gasteiger partial charge in [-0.15, -0.1) is 0 Å². The average Bonchev–Trinajstić information content (AvgIpc) is 3.08. The van der Waals surface area contributed by atoms with Gasteiger partial charge in [-0.3, -0.25) is 9.59 Å². The first-order chi connectivity index (χ1) is 11.7. The van der Waals surface area contributed by atoms with Crippen molar-refractivity contribution in [2.24, 2.45) is 0 Å². The number of fused-ring (bicyclic) bond motifs is 1. The molecule has 1 aromatic heterocycles. The largest absolute Gasteiger partial charge is 0.443 e. The Kier molecular flexibility index (Phi) is 4.86. The molecule has 0 aliphatic heterocycles. The molecule has 6 heteroatoms. The van der Waals surface area contributed by atoms with Crippen LogP contribution >= 0.6 is 0 Å². The van der Waals surface area contributed by atoms with Gasteiger partial charge in [-0.05, 0) is 36.2 Å². The number of nitrogens with zero attached hydrogens (tertiary/aromatic N) is 1. The lowest BCUT2D eigenvalue weighted by Crippen LogP contribution is -2.37. The minimum Gasteiger partial charge on any atom is -0.443 e. The van der Waals surface area contributed by atoms with E-state index in [4.69, 9.17) is 4.42 Å². The summed E-state index contributed by atoms with van der Waals surface area (Å²) in [6.07, 6.45) is 2.08. The number of carbonyl (C=O) groups excluding carboxylic acids is 2. The van der Waals surface area contributed by atoms with Gasteiger partial charge in [0.2, 0.25) is 5.91 Å². The second-order valence-electron chi connectivity index (χ2n) is 5.30. The van der Waals surface area contributed by atoms with Crippen LogP contribution in [0, 0.1) is 0 Å². The number of oxazole rings is 1. The van der Waals surface area contributed by atoms with Gasteiger partial charge in [0.15, 0.2) is 12.0 Å². The third-order valence-corrected chi connectivity index (χ3v) is 3.58. The van der Waals surface area contributed by atoms with E-state index >= 15 is 0 Å². The van der Waals surface area contributed by atoms with Crippen molar-refractivity contribution in [1.29, 1.82) is 0 Å². The van der Waals surface area contributed by atoms with Gasteiger partial charge in [0, 0.05) is 12.1 Å². The number of carbonyl (C=O) groups is 2. The summed E-state index contributed by atoms with van der Waals surface area (Å²) in [5.74, 6) is -0.485. The zero-order valence-corrected chi connectivity index (χ0v) is 13.0. The Morgan fingerprint density at radius 2 is 1.88 bits per heavy atom. The van der Waals surface area contributed by atoms with Gasteiger partial charge in [0.25, 0.3) is 5.91 Å². The van der Waals surface area contributed by atoms with E-state index in [0.29, 0.717) is 18.5 Å². The summed E-state index contributed by atoms with van der Waals surface area (Å²) >= 11 is 0. The van der Waals surface area contributed by atoms with E-state index in [-0.39, 0.29) is 18.4 Å². The first-order valence-corrected chi connectivity index (χ1v) is 7.64. The van der Waals surface area contributed by atoms with Crippen LogP contribution in [-0.4, -0.2) is 29.9 Å². The van der Waals surface area contributed by atoms with Gasteiger partial charge < -0.3 is 15.1 Å². The van der Waals surface area contributed by atoms with Crippen molar-refractivity contribution >= 4 is 22.9 Å². The van der Waals surface area contributed by atoms with Crippen LogP contribution in [0.1, 0.15) is 15.9 Å². The Bertz CT molecular complexity index is 843. The number of benzene rings is 2. The summed E-state index contributed by atoms with van der Waals surface area (Å²) in [6.45, 7) is 0.439. The smallest absolute Gasteiger partial charge is 0.251 e. The van der Waals surface area contributed by atoms with E-state index < -0.39 is 0 Å². The Balaban J connectivity index is 1.41. The van der Waals surface area contributed by atoms with Crippen LogP contribution in [0.3, 0.4) is 0 Å². The second-order valence-corrected chi connectivity index (χ2v) is 5.30. The maximum Gasteiger partial charge on any atom is 0.251 e. The van der Waals surface area contributed by atoms with Crippen molar-refractivity contribution in [1.82, 2.24) is 15.6 Å². The fourth-order valence-corrected chi connectivity index (χ4v) is 2.32. The number of aromatic nitrogens is 1. The molecule has 6 nitrogen and oxygen atoms in total. The molecule has 3 aromatic rings. The molecular formula is C18H17N3O3. The Morgan fingerprint density at radius 3 is 2.71 bits per heavy atom. The lowest BCUT2D eigenvalue weighted by molar-refractivity contribution is -0.120. The predicted octanol–water partition coefficient (Wildman–Crippen LogP) is 1.92. The SMILES string of the molecule is O=C(CNC(=O)c1ccccc1)NCCc1ccc2ncoc2c1. The molecule has 0 radical (unpaired) electrons. The third-order valence-electron chi connectivity index (χ3n) is 3.58. The summed E-state index contributed by atoms with van der Waals surface area (Å²) in [6, 6.07) is 14.5. The van der Waals surface area contributed by atoms with E-state index in [1.807, 2.05) is 24.3 Å². The van der Waals surface area contributed by atoms with Gasteiger partial charge in [0.05, 0.1) is 6.54 Å². The van der Waals surface area contributed by atoms with E-state index in [1.165, 1.54) is 6.39 Å². The van der Waals surface area contributed by atoms with Crippen LogP contribution in [0.15, 0.2) is 59.3 Å². The molecule has 2 N–H and O–H groups in total. The molecule has 0 fully saturated rings. The van der Waals surface area contributed by atoms with Crippen LogP contribution in [0.5, 0.6) is 0 Å². The summed E-state index contributed by atoms with van der Waals surface area (Å²) in [4.78, 5) is 27.7. The van der Waals surface area contributed by atoms with Crippen molar-refractivity contribution in [3.8, 4) is 0 Å². The van der Waals surface area contributed by atoms with Gasteiger partial charge >= 0.3 is 0 Å². The third kappa shape index (κ3) is 3.98. The number of hydrogen-bond acceptors (Lipinski definition) is 4. The molecule has 0 aliphatic rings. The van der Waals surface area contributed by atoms with Crippen molar-refractivity contribution < 1.29 is 14.0 Å². The highest BCUT2D eigenvalue weighted by Crippen LogP contribution is 2.14. The molecule has 0 saturated carbocycles. The summed E-state index contributed by atoms with van der Waals surface area (Å²) in [7, 11) is 0. The lowest BCUT2D eigenvalue weighted by Gasteiger charge is -2.07. The van der Waals surface area contributed by atoms with Crippen molar-refractivity contribution in [2.45, 2.75) is 6.42 Å². The monoisotopic (exact) mass is 323 g/mol. The highest BCUT2D eigenvalue weighted by Gasteiger charge is 2.07. The van der Waals surface area contributed by atoms with Crippen molar-refractivity contribution in [3.63, 3.8) is 0 Å². The van der Waals surface area contributed by atoms with Crippen LogP contribution in [0.4, 0.5) is 0 Å². The maximum atomic E-state index is 11.8. The maximum absolute atomic E-state index is 11.8. The molecule has 0 aliphatic carbocycles. The molecule has 0 bridgehead atoms. The molecule has 0 unspecified atom stereocenters. The lowest BCUT2D eigenvalue weighted by atomic mass is 10.1. The highest BCUT2D eigenvalue weighted by atomic mass is 16.3. The standard InChI is InChI=1S/C18H17N3O3/c22-17(11-20-18(23)14-4-2-1-3-5-14)19-9-8-13-6-7-15-16(10-13)24-12-21-15/h1-7,10,12H,8-9,11H2,(H,19,22)(H,20,23). The number of rotatable bonds is 6. The number of hydrogen-bond donors (Lipinski definition) is 2. The topological polar surface area (TPSA) is 84.2 Å². The molecule has 0 saturated heterocycles. The molecule has 0 atom stereocenters. The fourth-order valence-electron chi connectivity index (χ4n) is 2.32. The first-order valence-electron chi connectivity index (χ1n) is 7.64. The summed E-state index contributed by atoms with van der Waals surface area (Å²) in [5.41, 5.74) is 3.12. The predicted molar refractivity (Wildman–Crippen MR) is 89.5 cm³/mol. The average molecular weight is 323 g/mol. The summed E-state index contributed by atoms with van der Waals surface area (Å²) < 4.78 is 5.25. The van der Waals surface area contributed by atoms with Crippen molar-refractivity contribution in [3.05, 3.63) is 66.1 Å². The molecular weight excluding hydrogens is 306 g/mol. The normalized spacial score (nSPS) is 10.5. The quantitative estimate of drug-likeness (QED) is 0.726. The van der Waals surface area contributed by atoms with Gasteiger partial charge in [-0.2, -0.15) is 0 Å². The minimum atomic E-state index is -0.262. The second kappa shape index (κ2) is 7.41. The molecule has 2 aromatic carbocycles. The van der Waals surface area contributed by atoms with Crippen LogP contribution < -0.4 is 10.6 Å². The first kappa shape index (κ1) is 15.7. The van der Waals surface area contributed by atoms with Crippen LogP contribution in [0.2, 0.25) is 0 Å². The van der Waals surface area contributed by atoms with Gasteiger partial charge in [-0.25, -0.2) is 4.98 Å². The molecule has 0 spiro atoms. The van der Waals surface area contributed by atoms with Crippen molar-refractivity contribution in [2.75, 3.05) is 13.1 Å². The fraction of sp³-hybridized carbons (Fsp3) is 0.167. The molecule has 3 rings (SSSR count). The van der Waals surface area contributed by atoms with Crippen LogP contribution in [-0.2, 0) is 11.2 Å². The number of amides is 2. The number of nitrogens with one attached hydrogen (secondary N) is 2. The van der Waals surface area contributed by atoms with E-state index in [9.17, 15) is 9.59 Å². The Labute approximate surface area is 138 Å². The Hall–Kier alpha value is -3.15. The molecule has 1 heterocycles. The molecule has 122 valence electrons. The highest BCUT2D eigenvalue weighted by molar-refractivity contribution is 5.96. The van der Waals surface area contributed by atoms with E-state index in [0.717, 1.165) is 16.7 Å². The Morgan fingerprint density at radius 1 is 1.04 bits per heavy atom. The van der Waals surface area contributed by atoms with E-state index in [2.05, 4.69) is 15.6 Å². The van der Waals surface area contributed by atoms with E-state index in [1.54, 1.807) is 24.3 Å².